The van der Waals surface area contributed by atoms with Gasteiger partial charge in [0.1, 0.15) is 0 Å². The summed E-state index contributed by atoms with van der Waals surface area (Å²) in [7, 11) is -4.39. The quantitative estimate of drug-likeness (QED) is 0.866. The lowest BCUT2D eigenvalue weighted by Crippen LogP contribution is -2.49. The highest BCUT2D eigenvalue weighted by atomic mass is 32.3. The molecule has 0 saturated heterocycles. The van der Waals surface area contributed by atoms with Crippen molar-refractivity contribution in [1.82, 2.24) is 0 Å². The monoisotopic (exact) mass is 313 g/mol. The van der Waals surface area contributed by atoms with E-state index in [9.17, 15) is 8.42 Å². The van der Waals surface area contributed by atoms with Crippen molar-refractivity contribution in [2.75, 3.05) is 18.1 Å². The van der Waals surface area contributed by atoms with Crippen molar-refractivity contribution in [3.05, 3.63) is 29.3 Å². The minimum Gasteiger partial charge on any atom is -0.364 e. The summed E-state index contributed by atoms with van der Waals surface area (Å²) in [5.74, 6) is 0.453. The molecule has 1 aromatic rings. The topological polar surface area (TPSA) is 66.8 Å². The molecule has 118 valence electrons. The molecule has 0 fully saturated rings. The molecule has 0 saturated carbocycles. The fourth-order valence-electron chi connectivity index (χ4n) is 3.26. The van der Waals surface area contributed by atoms with Crippen LogP contribution in [0.3, 0.4) is 0 Å². The smallest absolute Gasteiger partial charge is 0.364 e. The van der Waals surface area contributed by atoms with Crippen molar-refractivity contribution < 1.29 is 17.2 Å². The summed E-state index contributed by atoms with van der Waals surface area (Å²) in [6.07, 6.45) is 0.981. The van der Waals surface area contributed by atoms with E-state index in [0.717, 1.165) is 12.1 Å². The number of anilines is 1. The third kappa shape index (κ3) is 3.75. The van der Waals surface area contributed by atoms with Gasteiger partial charge in [0.2, 0.25) is 0 Å². The second-order valence-electron chi connectivity index (χ2n) is 6.38. The van der Waals surface area contributed by atoms with Gasteiger partial charge in [0.15, 0.2) is 0 Å². The van der Waals surface area contributed by atoms with E-state index in [4.69, 9.17) is 4.55 Å². The SMILES string of the molecule is Cc1ccc2c(c1)N(CCOS(=O)(=O)O)C(C)(C)CC2C. The Morgan fingerprint density at radius 1 is 1.43 bits per heavy atom. The van der Waals surface area contributed by atoms with E-state index in [1.807, 2.05) is 6.92 Å². The summed E-state index contributed by atoms with van der Waals surface area (Å²) in [6.45, 7) is 8.88. The van der Waals surface area contributed by atoms with E-state index in [0.29, 0.717) is 12.5 Å². The maximum atomic E-state index is 10.7. The van der Waals surface area contributed by atoms with E-state index in [-0.39, 0.29) is 12.1 Å². The molecule has 6 heteroatoms. The molecule has 1 N–H and O–H groups in total. The molecule has 1 aliphatic heterocycles. The predicted octanol–water partition coefficient (Wildman–Crippen LogP) is 2.91. The molecular weight excluding hydrogens is 290 g/mol. The minimum atomic E-state index is -4.39. The van der Waals surface area contributed by atoms with Crippen LogP contribution in [0.15, 0.2) is 18.2 Å². The number of aryl methyl sites for hydroxylation is 1. The van der Waals surface area contributed by atoms with Crippen LogP contribution in [0.1, 0.15) is 44.2 Å². The molecular formula is C15H23NO4S. The van der Waals surface area contributed by atoms with Gasteiger partial charge in [0, 0.05) is 17.8 Å². The third-order valence-electron chi connectivity index (χ3n) is 4.09. The van der Waals surface area contributed by atoms with E-state index in [1.165, 1.54) is 11.1 Å². The maximum absolute atomic E-state index is 10.7. The van der Waals surface area contributed by atoms with Crippen LogP contribution < -0.4 is 4.90 Å². The minimum absolute atomic E-state index is 0.0655. The van der Waals surface area contributed by atoms with Crippen molar-refractivity contribution in [2.24, 2.45) is 0 Å². The highest BCUT2D eigenvalue weighted by Gasteiger charge is 2.36. The second kappa shape index (κ2) is 5.59. The Bertz CT molecular complexity index is 625. The molecule has 21 heavy (non-hydrogen) atoms. The number of nitrogens with zero attached hydrogens (tertiary/aromatic N) is 1. The van der Waals surface area contributed by atoms with Gasteiger partial charge in [-0.25, -0.2) is 4.18 Å². The zero-order valence-electron chi connectivity index (χ0n) is 13.0. The van der Waals surface area contributed by atoms with Crippen LogP contribution in [0.25, 0.3) is 0 Å². The molecule has 0 amide bonds. The summed E-state index contributed by atoms with van der Waals surface area (Å²) in [6, 6.07) is 6.36. The summed E-state index contributed by atoms with van der Waals surface area (Å²) >= 11 is 0. The molecule has 0 spiro atoms. The molecule has 1 heterocycles. The molecule has 1 aromatic carbocycles. The fraction of sp³-hybridized carbons (Fsp3) is 0.600. The van der Waals surface area contributed by atoms with Crippen LogP contribution in [-0.2, 0) is 14.6 Å². The van der Waals surface area contributed by atoms with Crippen LogP contribution in [0.5, 0.6) is 0 Å². The van der Waals surface area contributed by atoms with Crippen LogP contribution >= 0.6 is 0 Å². The zero-order valence-corrected chi connectivity index (χ0v) is 13.8. The molecule has 1 aliphatic rings. The van der Waals surface area contributed by atoms with Crippen molar-refractivity contribution >= 4 is 16.1 Å². The fourth-order valence-corrected chi connectivity index (χ4v) is 3.54. The standard InChI is InChI=1S/C15H23NO4S/c1-11-5-6-13-12(2)10-15(3,4)16(14(13)9-11)7-8-20-21(17,18)19/h5-6,9,12H,7-8,10H2,1-4H3,(H,17,18,19). The Morgan fingerprint density at radius 2 is 2.10 bits per heavy atom. The maximum Gasteiger partial charge on any atom is 0.397 e. The zero-order chi connectivity index (χ0) is 15.8. The van der Waals surface area contributed by atoms with Gasteiger partial charge in [-0.2, -0.15) is 8.42 Å². The lowest BCUT2D eigenvalue weighted by Gasteiger charge is -2.47. The van der Waals surface area contributed by atoms with Gasteiger partial charge in [-0.1, -0.05) is 19.1 Å². The summed E-state index contributed by atoms with van der Waals surface area (Å²) in [5, 5.41) is 0. The van der Waals surface area contributed by atoms with E-state index >= 15 is 0 Å². The number of rotatable bonds is 4. The van der Waals surface area contributed by atoms with E-state index < -0.39 is 10.4 Å². The Hall–Kier alpha value is -1.11. The first-order valence-electron chi connectivity index (χ1n) is 7.10. The molecule has 1 unspecified atom stereocenters. The lowest BCUT2D eigenvalue weighted by molar-refractivity contribution is 0.260. The average Bonchev–Trinajstić information content (AvgIpc) is 2.30. The summed E-state index contributed by atoms with van der Waals surface area (Å²) in [5.41, 5.74) is 3.46. The first-order chi connectivity index (χ1) is 9.60. The van der Waals surface area contributed by atoms with Crippen LogP contribution in [-0.4, -0.2) is 31.7 Å². The molecule has 0 aliphatic carbocycles. The van der Waals surface area contributed by atoms with Crippen LogP contribution in [0, 0.1) is 6.92 Å². The van der Waals surface area contributed by atoms with Crippen LogP contribution in [0.2, 0.25) is 0 Å². The van der Waals surface area contributed by atoms with E-state index in [2.05, 4.69) is 48.1 Å². The molecule has 1 atom stereocenters. The molecule has 0 aromatic heterocycles. The van der Waals surface area contributed by atoms with Gasteiger partial charge in [-0.05, 0) is 50.3 Å². The number of hydrogen-bond acceptors (Lipinski definition) is 4. The average molecular weight is 313 g/mol. The van der Waals surface area contributed by atoms with Gasteiger partial charge in [0.05, 0.1) is 6.61 Å². The van der Waals surface area contributed by atoms with Crippen LogP contribution in [0.4, 0.5) is 5.69 Å². The van der Waals surface area contributed by atoms with Crippen molar-refractivity contribution in [1.29, 1.82) is 0 Å². The highest BCUT2D eigenvalue weighted by Crippen LogP contribution is 2.43. The lowest BCUT2D eigenvalue weighted by atomic mass is 9.80. The number of fused-ring (bicyclic) bond motifs is 1. The Balaban J connectivity index is 2.29. The third-order valence-corrected chi connectivity index (χ3v) is 4.56. The van der Waals surface area contributed by atoms with Gasteiger partial charge in [-0.3, -0.25) is 4.55 Å². The Labute approximate surface area is 126 Å². The molecule has 2 rings (SSSR count). The molecule has 0 radical (unpaired) electrons. The van der Waals surface area contributed by atoms with Crippen molar-refractivity contribution in [3.8, 4) is 0 Å². The predicted molar refractivity (Wildman–Crippen MR) is 83.1 cm³/mol. The van der Waals surface area contributed by atoms with Crippen molar-refractivity contribution in [3.63, 3.8) is 0 Å². The van der Waals surface area contributed by atoms with Gasteiger partial charge in [-0.15, -0.1) is 0 Å². The summed E-state index contributed by atoms with van der Waals surface area (Å²) < 4.78 is 34.6. The highest BCUT2D eigenvalue weighted by molar-refractivity contribution is 7.80. The Morgan fingerprint density at radius 3 is 2.71 bits per heavy atom. The second-order valence-corrected chi connectivity index (χ2v) is 7.47. The van der Waals surface area contributed by atoms with Gasteiger partial charge < -0.3 is 4.90 Å². The van der Waals surface area contributed by atoms with E-state index in [1.54, 1.807) is 0 Å². The normalized spacial score (nSPS) is 21.2. The van der Waals surface area contributed by atoms with Gasteiger partial charge >= 0.3 is 10.4 Å². The molecule has 0 bridgehead atoms. The van der Waals surface area contributed by atoms with Gasteiger partial charge in [0.25, 0.3) is 0 Å². The number of benzene rings is 1. The number of hydrogen-bond donors (Lipinski definition) is 1. The van der Waals surface area contributed by atoms with Crippen molar-refractivity contribution in [2.45, 2.75) is 45.6 Å². The summed E-state index contributed by atoms with van der Waals surface area (Å²) in [4.78, 5) is 2.17. The Kier molecular flexibility index (Phi) is 4.33. The molecule has 5 nitrogen and oxygen atoms in total. The largest absolute Gasteiger partial charge is 0.397 e. The first kappa shape index (κ1) is 16.3. The first-order valence-corrected chi connectivity index (χ1v) is 8.47.